The number of imidazole rings is 1. The number of benzene rings is 1. The van der Waals surface area contributed by atoms with E-state index in [-0.39, 0.29) is 12.4 Å². The molecule has 0 unspecified atom stereocenters. The number of rotatable bonds is 2. The van der Waals surface area contributed by atoms with E-state index in [9.17, 15) is 4.79 Å². The average molecular weight is 176 g/mol. The number of aliphatic hydroxyl groups excluding tert-OH is 1. The van der Waals surface area contributed by atoms with Crippen molar-refractivity contribution in [1.29, 1.82) is 0 Å². The average Bonchev–Trinajstić information content (AvgIpc) is 2.59. The number of nitrogens with zero attached hydrogens (tertiary/aromatic N) is 1. The van der Waals surface area contributed by atoms with Gasteiger partial charge in [0.2, 0.25) is 0 Å². The molecular weight excluding hydrogens is 168 g/mol. The number of carbonyl (C=O) groups excluding carboxylic acids is 1. The van der Waals surface area contributed by atoms with Crippen LogP contribution in [0.4, 0.5) is 0 Å². The number of para-hydroxylation sites is 1. The molecular formula is C9H8N2O2. The molecule has 66 valence electrons. The number of H-pyrrole nitrogens is 1. The normalized spacial score (nSPS) is 10.5. The van der Waals surface area contributed by atoms with E-state index in [1.165, 1.54) is 0 Å². The number of hydrogen-bond donors (Lipinski definition) is 2. The quantitative estimate of drug-likeness (QED) is 0.667. The number of fused-ring (bicyclic) bond motifs is 1. The number of aromatic amines is 1. The molecule has 2 N–H and O–H groups in total. The van der Waals surface area contributed by atoms with Crippen molar-refractivity contribution in [2.24, 2.45) is 0 Å². The molecule has 13 heavy (non-hydrogen) atoms. The lowest BCUT2D eigenvalue weighted by Gasteiger charge is -1.94. The fourth-order valence-corrected chi connectivity index (χ4v) is 1.29. The molecule has 0 saturated carbocycles. The van der Waals surface area contributed by atoms with Crippen LogP contribution in [0.5, 0.6) is 0 Å². The first kappa shape index (κ1) is 7.94. The minimum absolute atomic E-state index is 0.0690. The van der Waals surface area contributed by atoms with Gasteiger partial charge in [0.25, 0.3) is 0 Å². The lowest BCUT2D eigenvalue weighted by atomic mass is 10.2. The highest BCUT2D eigenvalue weighted by atomic mass is 16.3. The number of aliphatic hydroxyl groups is 1. The van der Waals surface area contributed by atoms with E-state index in [1.54, 1.807) is 12.1 Å². The van der Waals surface area contributed by atoms with Gasteiger partial charge in [-0.05, 0) is 6.07 Å². The predicted molar refractivity (Wildman–Crippen MR) is 47.4 cm³/mol. The minimum atomic E-state index is -0.0690. The molecule has 0 aliphatic carbocycles. The summed E-state index contributed by atoms with van der Waals surface area (Å²) in [6.07, 6.45) is 0.654. The van der Waals surface area contributed by atoms with Gasteiger partial charge in [-0.3, -0.25) is 4.79 Å². The summed E-state index contributed by atoms with van der Waals surface area (Å²) in [6, 6.07) is 5.40. The van der Waals surface area contributed by atoms with Crippen molar-refractivity contribution >= 4 is 17.3 Å². The molecule has 2 rings (SSSR count). The van der Waals surface area contributed by atoms with E-state index in [2.05, 4.69) is 9.97 Å². The summed E-state index contributed by atoms with van der Waals surface area (Å²) in [5, 5.41) is 8.98. The van der Waals surface area contributed by atoms with Crippen molar-refractivity contribution in [3.63, 3.8) is 0 Å². The van der Waals surface area contributed by atoms with Crippen molar-refractivity contribution < 1.29 is 9.90 Å². The minimum Gasteiger partial charge on any atom is -0.392 e. The Morgan fingerprint density at radius 3 is 3.08 bits per heavy atom. The lowest BCUT2D eigenvalue weighted by Crippen LogP contribution is -1.84. The first-order valence-corrected chi connectivity index (χ1v) is 3.89. The van der Waals surface area contributed by atoms with Crippen molar-refractivity contribution in [2.75, 3.05) is 0 Å². The van der Waals surface area contributed by atoms with Crippen molar-refractivity contribution in [1.82, 2.24) is 9.97 Å². The van der Waals surface area contributed by atoms with Crippen molar-refractivity contribution in [2.45, 2.75) is 6.61 Å². The standard InChI is InChI=1S/C9H8N2O2/c12-4-6-2-1-3-7-9(6)11-8(5-13)10-7/h1-3,5,12H,4H2,(H,10,11). The zero-order valence-corrected chi connectivity index (χ0v) is 6.82. The molecule has 0 aliphatic heterocycles. The van der Waals surface area contributed by atoms with Gasteiger partial charge < -0.3 is 10.1 Å². The molecule has 0 amide bonds. The number of hydrogen-bond acceptors (Lipinski definition) is 3. The summed E-state index contributed by atoms with van der Waals surface area (Å²) in [5.74, 6) is 0.288. The van der Waals surface area contributed by atoms with E-state index in [0.717, 1.165) is 11.1 Å². The van der Waals surface area contributed by atoms with Crippen LogP contribution in [0.25, 0.3) is 11.0 Å². The lowest BCUT2D eigenvalue weighted by molar-refractivity contribution is 0.111. The summed E-state index contributed by atoms with van der Waals surface area (Å²) in [5.41, 5.74) is 2.16. The SMILES string of the molecule is O=Cc1nc2c(CO)cccc2[nH]1. The van der Waals surface area contributed by atoms with E-state index in [0.29, 0.717) is 11.8 Å². The summed E-state index contributed by atoms with van der Waals surface area (Å²) in [4.78, 5) is 17.3. The Balaban J connectivity index is 2.74. The van der Waals surface area contributed by atoms with Gasteiger partial charge >= 0.3 is 0 Å². The number of aldehydes is 1. The van der Waals surface area contributed by atoms with Gasteiger partial charge in [0, 0.05) is 5.56 Å². The molecule has 1 heterocycles. The van der Waals surface area contributed by atoms with Crippen LogP contribution in [0.1, 0.15) is 16.2 Å². The molecule has 4 heteroatoms. The Hall–Kier alpha value is -1.68. The molecule has 0 spiro atoms. The van der Waals surface area contributed by atoms with Gasteiger partial charge in [-0.15, -0.1) is 0 Å². The maximum Gasteiger partial charge on any atom is 0.185 e. The maximum atomic E-state index is 10.4. The molecule has 1 aromatic carbocycles. The van der Waals surface area contributed by atoms with Gasteiger partial charge in [0.1, 0.15) is 0 Å². The summed E-state index contributed by atoms with van der Waals surface area (Å²) < 4.78 is 0. The van der Waals surface area contributed by atoms with Gasteiger partial charge in [0.15, 0.2) is 12.1 Å². The predicted octanol–water partition coefficient (Wildman–Crippen LogP) is 0.868. The third-order valence-electron chi connectivity index (χ3n) is 1.90. The van der Waals surface area contributed by atoms with Crippen LogP contribution in [0, 0.1) is 0 Å². The van der Waals surface area contributed by atoms with Crippen LogP contribution in [-0.2, 0) is 6.61 Å². The third-order valence-corrected chi connectivity index (χ3v) is 1.90. The topological polar surface area (TPSA) is 66.0 Å². The van der Waals surface area contributed by atoms with E-state index < -0.39 is 0 Å². The van der Waals surface area contributed by atoms with Gasteiger partial charge in [-0.2, -0.15) is 0 Å². The zero-order chi connectivity index (χ0) is 9.26. The second-order valence-electron chi connectivity index (χ2n) is 2.71. The van der Waals surface area contributed by atoms with Crippen LogP contribution in [-0.4, -0.2) is 21.4 Å². The van der Waals surface area contributed by atoms with Crippen molar-refractivity contribution in [3.05, 3.63) is 29.6 Å². The molecule has 0 aliphatic rings. The zero-order valence-electron chi connectivity index (χ0n) is 6.82. The largest absolute Gasteiger partial charge is 0.392 e. The van der Waals surface area contributed by atoms with Gasteiger partial charge in [-0.1, -0.05) is 12.1 Å². The summed E-state index contributed by atoms with van der Waals surface area (Å²) >= 11 is 0. The van der Waals surface area contributed by atoms with E-state index in [1.807, 2.05) is 6.07 Å². The molecule has 4 nitrogen and oxygen atoms in total. The Bertz CT molecular complexity index is 448. The van der Waals surface area contributed by atoms with E-state index >= 15 is 0 Å². The van der Waals surface area contributed by atoms with Gasteiger partial charge in [0.05, 0.1) is 17.6 Å². The molecule has 2 aromatic rings. The molecule has 0 radical (unpaired) electrons. The Labute approximate surface area is 74.2 Å². The molecule has 0 atom stereocenters. The molecule has 0 bridgehead atoms. The van der Waals surface area contributed by atoms with Crippen LogP contribution in [0.3, 0.4) is 0 Å². The van der Waals surface area contributed by atoms with Gasteiger partial charge in [-0.25, -0.2) is 4.98 Å². The highest BCUT2D eigenvalue weighted by molar-refractivity contribution is 5.84. The van der Waals surface area contributed by atoms with Crippen LogP contribution in [0.2, 0.25) is 0 Å². The fourth-order valence-electron chi connectivity index (χ4n) is 1.29. The van der Waals surface area contributed by atoms with E-state index in [4.69, 9.17) is 5.11 Å². The molecule has 1 aromatic heterocycles. The van der Waals surface area contributed by atoms with Crippen LogP contribution < -0.4 is 0 Å². The smallest absolute Gasteiger partial charge is 0.185 e. The molecule has 0 saturated heterocycles. The Kier molecular flexibility index (Phi) is 1.83. The fraction of sp³-hybridized carbons (Fsp3) is 0.111. The van der Waals surface area contributed by atoms with Crippen molar-refractivity contribution in [3.8, 4) is 0 Å². The second-order valence-corrected chi connectivity index (χ2v) is 2.71. The number of carbonyl (C=O) groups is 1. The first-order chi connectivity index (χ1) is 6.35. The summed E-state index contributed by atoms with van der Waals surface area (Å²) in [7, 11) is 0. The maximum absolute atomic E-state index is 10.4. The Morgan fingerprint density at radius 2 is 2.38 bits per heavy atom. The Morgan fingerprint density at radius 1 is 1.54 bits per heavy atom. The summed E-state index contributed by atoms with van der Waals surface area (Å²) in [6.45, 7) is -0.0690. The highest BCUT2D eigenvalue weighted by Crippen LogP contribution is 2.15. The number of nitrogens with one attached hydrogen (secondary N) is 1. The molecule has 0 fully saturated rings. The highest BCUT2D eigenvalue weighted by Gasteiger charge is 2.04. The van der Waals surface area contributed by atoms with Crippen LogP contribution in [0.15, 0.2) is 18.2 Å². The second kappa shape index (κ2) is 2.99. The first-order valence-electron chi connectivity index (χ1n) is 3.89. The number of aromatic nitrogens is 2. The monoisotopic (exact) mass is 176 g/mol. The van der Waals surface area contributed by atoms with Crippen LogP contribution >= 0.6 is 0 Å². The third kappa shape index (κ3) is 1.21.